The van der Waals surface area contributed by atoms with Crippen molar-refractivity contribution in [2.45, 2.75) is 25.3 Å². The van der Waals surface area contributed by atoms with Crippen molar-refractivity contribution in [2.75, 3.05) is 5.32 Å². The molecule has 21 heavy (non-hydrogen) atoms. The third-order valence-electron chi connectivity index (χ3n) is 3.42. The van der Waals surface area contributed by atoms with Crippen molar-refractivity contribution in [1.29, 1.82) is 0 Å². The highest BCUT2D eigenvalue weighted by atomic mass is 16.4. The number of carbonyl (C=O) groups excluding carboxylic acids is 1. The summed E-state index contributed by atoms with van der Waals surface area (Å²) >= 11 is 0. The van der Waals surface area contributed by atoms with Gasteiger partial charge in [-0.05, 0) is 48.6 Å². The minimum absolute atomic E-state index is 0.146. The van der Waals surface area contributed by atoms with Gasteiger partial charge in [0.2, 0.25) is 5.91 Å². The fraction of sp³-hybridized carbons (Fsp3) is 0.267. The first-order chi connectivity index (χ1) is 10.1. The molecule has 0 aliphatic heterocycles. The Bertz CT molecular complexity index is 672. The zero-order valence-corrected chi connectivity index (χ0v) is 11.3. The van der Waals surface area contributed by atoms with Gasteiger partial charge in [-0.15, -0.1) is 0 Å². The van der Waals surface area contributed by atoms with Crippen molar-refractivity contribution in [2.24, 2.45) is 0 Å². The number of carboxylic acid groups (broad SMARTS) is 1. The molecule has 0 bridgehead atoms. The van der Waals surface area contributed by atoms with Crippen LogP contribution in [0.25, 0.3) is 0 Å². The molecule has 1 aromatic carbocycles. The molecule has 1 aromatic heterocycles. The molecule has 0 saturated heterocycles. The lowest BCUT2D eigenvalue weighted by Crippen LogP contribution is -2.19. The summed E-state index contributed by atoms with van der Waals surface area (Å²) in [6.45, 7) is 0.146. The largest absolute Gasteiger partial charge is 0.478 e. The minimum Gasteiger partial charge on any atom is -0.478 e. The molecule has 6 nitrogen and oxygen atoms in total. The lowest BCUT2D eigenvalue weighted by atomic mass is 10.2. The zero-order valence-electron chi connectivity index (χ0n) is 11.3. The van der Waals surface area contributed by atoms with Crippen LogP contribution in [0.15, 0.2) is 36.7 Å². The number of amides is 1. The van der Waals surface area contributed by atoms with E-state index in [1.165, 1.54) is 30.5 Å². The van der Waals surface area contributed by atoms with Gasteiger partial charge in [0.1, 0.15) is 6.54 Å². The predicted octanol–water partition coefficient (Wildman–Crippen LogP) is 2.10. The second kappa shape index (κ2) is 5.40. The van der Waals surface area contributed by atoms with E-state index in [1.807, 2.05) is 12.4 Å². The lowest BCUT2D eigenvalue weighted by molar-refractivity contribution is -0.116. The van der Waals surface area contributed by atoms with Crippen LogP contribution in [0.1, 0.15) is 34.7 Å². The number of aromatic carboxylic acids is 1. The van der Waals surface area contributed by atoms with Crippen LogP contribution in [0.5, 0.6) is 0 Å². The summed E-state index contributed by atoms with van der Waals surface area (Å²) in [6.07, 6.45) is 6.12. The summed E-state index contributed by atoms with van der Waals surface area (Å²) in [5.74, 6) is -0.564. The number of aromatic nitrogens is 2. The monoisotopic (exact) mass is 285 g/mol. The smallest absolute Gasteiger partial charge is 0.335 e. The molecule has 2 aromatic rings. The Morgan fingerprint density at radius 2 is 2.00 bits per heavy atom. The summed E-state index contributed by atoms with van der Waals surface area (Å²) in [5.41, 5.74) is 1.95. The SMILES string of the molecule is O=C(Cn1cc(C2CC2)cn1)Nc1ccc(C(=O)O)cc1. The van der Waals surface area contributed by atoms with Gasteiger partial charge in [-0.3, -0.25) is 9.48 Å². The van der Waals surface area contributed by atoms with E-state index in [0.717, 1.165) is 0 Å². The second-order valence-corrected chi connectivity index (χ2v) is 5.18. The molecule has 1 heterocycles. The molecule has 1 fully saturated rings. The topological polar surface area (TPSA) is 84.2 Å². The standard InChI is InChI=1S/C15H15N3O3/c19-14(9-18-8-12(7-16-18)10-1-2-10)17-13-5-3-11(4-6-13)15(20)21/h3-8,10H,1-2,9H2,(H,17,19)(H,20,21). The van der Waals surface area contributed by atoms with Crippen LogP contribution in [-0.4, -0.2) is 26.8 Å². The number of carboxylic acids is 1. The fourth-order valence-electron chi connectivity index (χ4n) is 2.14. The van der Waals surface area contributed by atoms with E-state index in [9.17, 15) is 9.59 Å². The predicted molar refractivity (Wildman–Crippen MR) is 76.2 cm³/mol. The van der Waals surface area contributed by atoms with Gasteiger partial charge in [0.15, 0.2) is 0 Å². The second-order valence-electron chi connectivity index (χ2n) is 5.18. The number of hydrogen-bond donors (Lipinski definition) is 2. The van der Waals surface area contributed by atoms with E-state index in [4.69, 9.17) is 5.11 Å². The van der Waals surface area contributed by atoms with Gasteiger partial charge < -0.3 is 10.4 Å². The van der Waals surface area contributed by atoms with Crippen LogP contribution in [0.4, 0.5) is 5.69 Å². The summed E-state index contributed by atoms with van der Waals surface area (Å²) in [4.78, 5) is 22.6. The van der Waals surface area contributed by atoms with Crippen molar-refractivity contribution < 1.29 is 14.7 Å². The number of nitrogens with one attached hydrogen (secondary N) is 1. The number of rotatable bonds is 5. The Morgan fingerprint density at radius 1 is 1.29 bits per heavy atom. The van der Waals surface area contributed by atoms with Crippen molar-refractivity contribution in [3.8, 4) is 0 Å². The Kier molecular flexibility index (Phi) is 3.43. The Balaban J connectivity index is 1.58. The number of nitrogens with zero attached hydrogens (tertiary/aromatic N) is 2. The highest BCUT2D eigenvalue weighted by Crippen LogP contribution is 2.39. The van der Waals surface area contributed by atoms with E-state index in [2.05, 4.69) is 10.4 Å². The summed E-state index contributed by atoms with van der Waals surface area (Å²) in [6, 6.07) is 6.05. The van der Waals surface area contributed by atoms with Gasteiger partial charge >= 0.3 is 5.97 Å². The molecule has 108 valence electrons. The van der Waals surface area contributed by atoms with Crippen molar-refractivity contribution in [3.05, 3.63) is 47.8 Å². The van der Waals surface area contributed by atoms with Crippen LogP contribution < -0.4 is 5.32 Å². The van der Waals surface area contributed by atoms with E-state index >= 15 is 0 Å². The van der Waals surface area contributed by atoms with Gasteiger partial charge in [-0.25, -0.2) is 4.79 Å². The first-order valence-electron chi connectivity index (χ1n) is 6.77. The maximum absolute atomic E-state index is 11.9. The van der Waals surface area contributed by atoms with Gasteiger partial charge in [0, 0.05) is 11.9 Å². The Hall–Kier alpha value is -2.63. The van der Waals surface area contributed by atoms with Gasteiger partial charge in [0.05, 0.1) is 11.8 Å². The number of anilines is 1. The summed E-state index contributed by atoms with van der Waals surface area (Å²) in [5, 5.41) is 15.7. The highest BCUT2D eigenvalue weighted by molar-refractivity contribution is 5.92. The van der Waals surface area contributed by atoms with Crippen LogP contribution in [0.2, 0.25) is 0 Å². The first-order valence-corrected chi connectivity index (χ1v) is 6.77. The average Bonchev–Trinajstić information content (AvgIpc) is 3.20. The van der Waals surface area contributed by atoms with Crippen LogP contribution in [0, 0.1) is 0 Å². The van der Waals surface area contributed by atoms with Crippen LogP contribution >= 0.6 is 0 Å². The highest BCUT2D eigenvalue weighted by Gasteiger charge is 2.24. The molecule has 0 spiro atoms. The molecule has 1 aliphatic rings. The molecule has 1 aliphatic carbocycles. The summed E-state index contributed by atoms with van der Waals surface area (Å²) < 4.78 is 1.62. The number of hydrogen-bond acceptors (Lipinski definition) is 3. The van der Waals surface area contributed by atoms with Crippen LogP contribution in [0.3, 0.4) is 0 Å². The molecular weight excluding hydrogens is 270 g/mol. The molecule has 3 rings (SSSR count). The average molecular weight is 285 g/mol. The van der Waals surface area contributed by atoms with Gasteiger partial charge in [-0.1, -0.05) is 0 Å². The molecule has 6 heteroatoms. The van der Waals surface area contributed by atoms with Gasteiger partial charge in [-0.2, -0.15) is 5.10 Å². The van der Waals surface area contributed by atoms with E-state index < -0.39 is 5.97 Å². The Labute approximate surface area is 121 Å². The molecule has 2 N–H and O–H groups in total. The summed E-state index contributed by atoms with van der Waals surface area (Å²) in [7, 11) is 0. The number of benzene rings is 1. The first kappa shape index (κ1) is 13.4. The molecule has 0 atom stereocenters. The molecule has 0 radical (unpaired) electrons. The zero-order chi connectivity index (χ0) is 14.8. The van der Waals surface area contributed by atoms with E-state index in [-0.39, 0.29) is 18.0 Å². The minimum atomic E-state index is -0.989. The maximum atomic E-state index is 11.9. The van der Waals surface area contributed by atoms with E-state index in [0.29, 0.717) is 11.6 Å². The molecule has 0 unspecified atom stereocenters. The lowest BCUT2D eigenvalue weighted by Gasteiger charge is -2.05. The van der Waals surface area contributed by atoms with Crippen LogP contribution in [-0.2, 0) is 11.3 Å². The maximum Gasteiger partial charge on any atom is 0.335 e. The van der Waals surface area contributed by atoms with Crippen molar-refractivity contribution in [1.82, 2.24) is 9.78 Å². The van der Waals surface area contributed by atoms with E-state index in [1.54, 1.807) is 16.8 Å². The van der Waals surface area contributed by atoms with Crippen molar-refractivity contribution in [3.63, 3.8) is 0 Å². The molecule has 1 amide bonds. The quantitative estimate of drug-likeness (QED) is 0.881. The van der Waals surface area contributed by atoms with Gasteiger partial charge in [0.25, 0.3) is 0 Å². The third kappa shape index (κ3) is 3.28. The Morgan fingerprint density at radius 3 is 2.62 bits per heavy atom. The molecular formula is C15H15N3O3. The third-order valence-corrected chi connectivity index (χ3v) is 3.42. The fourth-order valence-corrected chi connectivity index (χ4v) is 2.14. The van der Waals surface area contributed by atoms with Crippen molar-refractivity contribution >= 4 is 17.6 Å². The normalized spacial score (nSPS) is 13.9. The number of carbonyl (C=O) groups is 2. The molecule has 1 saturated carbocycles.